The van der Waals surface area contributed by atoms with Gasteiger partial charge in [-0.3, -0.25) is 9.69 Å². The molecule has 0 aliphatic carbocycles. The Morgan fingerprint density at radius 2 is 2.12 bits per heavy atom. The van der Waals surface area contributed by atoms with E-state index in [0.29, 0.717) is 17.6 Å². The zero-order chi connectivity index (χ0) is 17.4. The molecule has 0 aliphatic heterocycles. The van der Waals surface area contributed by atoms with Gasteiger partial charge in [0.2, 0.25) is 0 Å². The zero-order valence-electron chi connectivity index (χ0n) is 14.2. The highest BCUT2D eigenvalue weighted by molar-refractivity contribution is 7.11. The summed E-state index contributed by atoms with van der Waals surface area (Å²) in [7, 11) is 1.97. The summed E-state index contributed by atoms with van der Waals surface area (Å²) in [5.74, 6) is -0.409. The lowest BCUT2D eigenvalue weighted by Gasteiger charge is -2.24. The number of pyridine rings is 1. The second kappa shape index (κ2) is 6.45. The Balaban J connectivity index is 1.90. The van der Waals surface area contributed by atoms with Crippen LogP contribution in [-0.2, 0) is 6.54 Å². The van der Waals surface area contributed by atoms with E-state index in [1.165, 1.54) is 10.9 Å². The molecule has 6 heteroatoms. The molecule has 1 N–H and O–H groups in total. The van der Waals surface area contributed by atoms with Crippen LogP contribution in [0.4, 0.5) is 4.39 Å². The third-order valence-electron chi connectivity index (χ3n) is 4.29. The van der Waals surface area contributed by atoms with Crippen molar-refractivity contribution in [3.63, 3.8) is 0 Å². The quantitative estimate of drug-likeness (QED) is 0.779. The lowest BCUT2D eigenvalue weighted by atomic mass is 10.1. The van der Waals surface area contributed by atoms with Gasteiger partial charge in [-0.2, -0.15) is 0 Å². The summed E-state index contributed by atoms with van der Waals surface area (Å²) in [5.41, 5.74) is 1.84. The number of H-pyrrole nitrogens is 1. The molecule has 1 aromatic carbocycles. The van der Waals surface area contributed by atoms with Crippen molar-refractivity contribution in [2.75, 3.05) is 7.05 Å². The van der Waals surface area contributed by atoms with E-state index in [2.05, 4.69) is 28.7 Å². The highest BCUT2D eigenvalue weighted by Crippen LogP contribution is 2.26. The molecule has 3 rings (SSSR count). The fourth-order valence-electron chi connectivity index (χ4n) is 2.92. The molecule has 0 amide bonds. The van der Waals surface area contributed by atoms with Gasteiger partial charge in [0.25, 0.3) is 0 Å². The SMILES string of the molecule is Cc1nc(C(C)N(C)Cc2cc(=O)c3cccc(F)c3[nH]2)c(C)s1. The molecule has 0 radical (unpaired) electrons. The van der Waals surface area contributed by atoms with Crippen molar-refractivity contribution in [3.05, 3.63) is 61.6 Å². The molecule has 126 valence electrons. The molecule has 3 aromatic rings. The number of nitrogens with zero attached hydrogens (tertiary/aromatic N) is 2. The first-order valence-electron chi connectivity index (χ1n) is 7.81. The predicted octanol–water partition coefficient (Wildman–Crippen LogP) is 3.93. The van der Waals surface area contributed by atoms with Crippen molar-refractivity contribution in [2.24, 2.45) is 0 Å². The van der Waals surface area contributed by atoms with E-state index in [0.717, 1.165) is 10.7 Å². The lowest BCUT2D eigenvalue weighted by Crippen LogP contribution is -2.24. The Kier molecular flexibility index (Phi) is 4.51. The van der Waals surface area contributed by atoms with E-state index in [-0.39, 0.29) is 17.0 Å². The molecule has 2 aromatic heterocycles. The van der Waals surface area contributed by atoms with Crippen LogP contribution < -0.4 is 5.43 Å². The fraction of sp³-hybridized carbons (Fsp3) is 0.333. The minimum absolute atomic E-state index is 0.106. The molecule has 2 heterocycles. The second-order valence-electron chi connectivity index (χ2n) is 6.09. The maximum atomic E-state index is 14.0. The largest absolute Gasteiger partial charge is 0.355 e. The van der Waals surface area contributed by atoms with Crippen LogP contribution in [0.1, 0.15) is 34.2 Å². The zero-order valence-corrected chi connectivity index (χ0v) is 15.0. The van der Waals surface area contributed by atoms with Gasteiger partial charge in [-0.25, -0.2) is 9.37 Å². The van der Waals surface area contributed by atoms with Crippen LogP contribution in [0.3, 0.4) is 0 Å². The molecule has 0 saturated heterocycles. The van der Waals surface area contributed by atoms with E-state index in [4.69, 9.17) is 0 Å². The van der Waals surface area contributed by atoms with Crippen LogP contribution in [-0.4, -0.2) is 21.9 Å². The first-order chi connectivity index (χ1) is 11.4. The number of hydrogen-bond donors (Lipinski definition) is 1. The summed E-state index contributed by atoms with van der Waals surface area (Å²) in [5, 5.41) is 1.42. The molecule has 4 nitrogen and oxygen atoms in total. The minimum Gasteiger partial charge on any atom is -0.355 e. The Morgan fingerprint density at radius 1 is 1.38 bits per heavy atom. The summed E-state index contributed by atoms with van der Waals surface area (Å²) in [6.45, 7) is 6.66. The van der Waals surface area contributed by atoms with Gasteiger partial charge in [-0.05, 0) is 40.0 Å². The summed E-state index contributed by atoms with van der Waals surface area (Å²) in [6.07, 6.45) is 0. The van der Waals surface area contributed by atoms with Crippen LogP contribution in [0, 0.1) is 19.7 Å². The number of rotatable bonds is 4. The Hall–Kier alpha value is -2.05. The van der Waals surface area contributed by atoms with Crippen molar-refractivity contribution < 1.29 is 4.39 Å². The molecule has 0 spiro atoms. The van der Waals surface area contributed by atoms with Crippen molar-refractivity contribution >= 4 is 22.2 Å². The maximum absolute atomic E-state index is 14.0. The van der Waals surface area contributed by atoms with Crippen LogP contribution in [0.25, 0.3) is 10.9 Å². The van der Waals surface area contributed by atoms with Gasteiger partial charge in [-0.15, -0.1) is 11.3 Å². The molecule has 0 aliphatic rings. The monoisotopic (exact) mass is 345 g/mol. The van der Waals surface area contributed by atoms with Crippen LogP contribution in [0.2, 0.25) is 0 Å². The van der Waals surface area contributed by atoms with Gasteiger partial charge in [0.15, 0.2) is 5.43 Å². The highest BCUT2D eigenvalue weighted by atomic mass is 32.1. The molecule has 1 unspecified atom stereocenters. The van der Waals surface area contributed by atoms with Gasteiger partial charge in [-0.1, -0.05) is 6.07 Å². The van der Waals surface area contributed by atoms with Crippen molar-refractivity contribution in [1.29, 1.82) is 0 Å². The first-order valence-corrected chi connectivity index (χ1v) is 8.63. The molecule has 24 heavy (non-hydrogen) atoms. The Bertz CT molecular complexity index is 947. The summed E-state index contributed by atoms with van der Waals surface area (Å²) in [6, 6.07) is 6.19. The number of hydrogen-bond acceptors (Lipinski definition) is 4. The first kappa shape index (κ1) is 16.8. The lowest BCUT2D eigenvalue weighted by molar-refractivity contribution is 0.246. The molecule has 1 atom stereocenters. The van der Waals surface area contributed by atoms with E-state index >= 15 is 0 Å². The number of aromatic amines is 1. The smallest absolute Gasteiger partial charge is 0.189 e. The van der Waals surface area contributed by atoms with Gasteiger partial charge in [0, 0.05) is 28.6 Å². The number of fused-ring (bicyclic) bond motifs is 1. The van der Waals surface area contributed by atoms with Gasteiger partial charge in [0.1, 0.15) is 5.82 Å². The number of nitrogens with one attached hydrogen (secondary N) is 1. The number of benzene rings is 1. The predicted molar refractivity (Wildman–Crippen MR) is 96.0 cm³/mol. The molecular weight excluding hydrogens is 325 g/mol. The third-order valence-corrected chi connectivity index (χ3v) is 5.19. The number of halogens is 1. The van der Waals surface area contributed by atoms with Crippen LogP contribution in [0.5, 0.6) is 0 Å². The molecular formula is C18H20FN3OS. The third kappa shape index (κ3) is 3.12. The second-order valence-corrected chi connectivity index (χ2v) is 7.49. The standard InChI is InChI=1S/C18H20FN3OS/c1-10(17-11(2)24-12(3)20-17)22(4)9-13-8-16(23)14-6-5-7-15(19)18(14)21-13/h5-8,10H,9H2,1-4H3,(H,21,23). The Morgan fingerprint density at radius 3 is 2.79 bits per heavy atom. The van der Waals surface area contributed by atoms with Crippen LogP contribution >= 0.6 is 11.3 Å². The number of thiazole rings is 1. The topological polar surface area (TPSA) is 49.0 Å². The number of aromatic nitrogens is 2. The molecule has 0 saturated carbocycles. The van der Waals surface area contributed by atoms with Crippen molar-refractivity contribution in [3.8, 4) is 0 Å². The van der Waals surface area contributed by atoms with Gasteiger partial charge >= 0.3 is 0 Å². The van der Waals surface area contributed by atoms with E-state index in [9.17, 15) is 9.18 Å². The Labute approximate surface area is 144 Å². The summed E-state index contributed by atoms with van der Waals surface area (Å²) in [4.78, 5) is 23.2. The number of para-hydroxylation sites is 1. The normalized spacial score (nSPS) is 12.9. The van der Waals surface area contributed by atoms with E-state index in [1.807, 2.05) is 14.0 Å². The minimum atomic E-state index is -0.409. The molecule has 0 bridgehead atoms. The summed E-state index contributed by atoms with van der Waals surface area (Å²) < 4.78 is 14.0. The van der Waals surface area contributed by atoms with Gasteiger partial charge < -0.3 is 4.98 Å². The van der Waals surface area contributed by atoms with Gasteiger partial charge in [0.05, 0.1) is 22.3 Å². The molecule has 0 fully saturated rings. The van der Waals surface area contributed by atoms with E-state index < -0.39 is 5.82 Å². The average molecular weight is 345 g/mol. The average Bonchev–Trinajstić information content (AvgIpc) is 2.86. The fourth-order valence-corrected chi connectivity index (χ4v) is 3.83. The van der Waals surface area contributed by atoms with Crippen LogP contribution in [0.15, 0.2) is 29.1 Å². The maximum Gasteiger partial charge on any atom is 0.189 e. The van der Waals surface area contributed by atoms with Crippen molar-refractivity contribution in [1.82, 2.24) is 14.9 Å². The summed E-state index contributed by atoms with van der Waals surface area (Å²) >= 11 is 1.68. The van der Waals surface area contributed by atoms with Crippen molar-refractivity contribution in [2.45, 2.75) is 33.4 Å². The van der Waals surface area contributed by atoms with E-state index in [1.54, 1.807) is 29.5 Å². The highest BCUT2D eigenvalue weighted by Gasteiger charge is 2.18. The number of aryl methyl sites for hydroxylation is 2.